The molecule has 1 amide bonds. The molecule has 0 spiro atoms. The number of nitrogens with one attached hydrogen (secondary N) is 1. The average Bonchev–Trinajstić information content (AvgIpc) is 3.21. The minimum absolute atomic E-state index is 0.0551. The number of rotatable bonds is 7. The number of amides is 1. The Labute approximate surface area is 132 Å². The highest BCUT2D eigenvalue weighted by atomic mass is 32.1. The van der Waals surface area contributed by atoms with Crippen molar-refractivity contribution in [1.29, 1.82) is 0 Å². The van der Waals surface area contributed by atoms with E-state index in [9.17, 15) is 4.79 Å². The van der Waals surface area contributed by atoms with E-state index in [0.717, 1.165) is 12.2 Å². The van der Waals surface area contributed by atoms with Gasteiger partial charge in [-0.1, -0.05) is 0 Å². The van der Waals surface area contributed by atoms with Crippen molar-refractivity contribution in [3.05, 3.63) is 40.6 Å². The predicted molar refractivity (Wildman–Crippen MR) is 84.9 cm³/mol. The monoisotopic (exact) mass is 319 g/mol. The van der Waals surface area contributed by atoms with Crippen LogP contribution >= 0.6 is 11.3 Å². The van der Waals surface area contributed by atoms with Crippen LogP contribution in [0.3, 0.4) is 0 Å². The van der Waals surface area contributed by atoms with Crippen LogP contribution in [0.2, 0.25) is 0 Å². The summed E-state index contributed by atoms with van der Waals surface area (Å²) < 4.78 is 16.1. The van der Waals surface area contributed by atoms with E-state index in [1.807, 2.05) is 16.8 Å². The Morgan fingerprint density at radius 2 is 2.27 bits per heavy atom. The van der Waals surface area contributed by atoms with Gasteiger partial charge in [-0.05, 0) is 34.5 Å². The summed E-state index contributed by atoms with van der Waals surface area (Å²) in [5, 5.41) is 6.79. The number of methoxy groups -OCH3 is 1. The molecule has 1 fully saturated rings. The van der Waals surface area contributed by atoms with E-state index in [1.54, 1.807) is 36.6 Å². The summed E-state index contributed by atoms with van der Waals surface area (Å²) in [5.41, 5.74) is 1.70. The molecule has 0 saturated carbocycles. The van der Waals surface area contributed by atoms with Gasteiger partial charge in [-0.15, -0.1) is 0 Å². The largest absolute Gasteiger partial charge is 0.493 e. The third kappa shape index (κ3) is 3.99. The first-order chi connectivity index (χ1) is 10.7. The maximum atomic E-state index is 12.0. The molecule has 1 aromatic carbocycles. The molecule has 6 heteroatoms. The molecule has 1 saturated heterocycles. The lowest BCUT2D eigenvalue weighted by molar-refractivity contribution is -0.115. The molecule has 0 aliphatic carbocycles. The average molecular weight is 319 g/mol. The molecule has 5 nitrogen and oxygen atoms in total. The van der Waals surface area contributed by atoms with Gasteiger partial charge in [0.25, 0.3) is 0 Å². The Balaban J connectivity index is 1.61. The van der Waals surface area contributed by atoms with Crippen LogP contribution in [0.4, 0.5) is 5.69 Å². The van der Waals surface area contributed by atoms with E-state index in [2.05, 4.69) is 5.32 Å². The smallest absolute Gasteiger partial charge is 0.228 e. The van der Waals surface area contributed by atoms with E-state index >= 15 is 0 Å². The van der Waals surface area contributed by atoms with Gasteiger partial charge in [-0.2, -0.15) is 11.3 Å². The zero-order chi connectivity index (χ0) is 15.4. The molecule has 0 bridgehead atoms. The first-order valence-corrected chi connectivity index (χ1v) is 7.92. The molecule has 1 aliphatic rings. The van der Waals surface area contributed by atoms with E-state index in [1.165, 1.54) is 0 Å². The van der Waals surface area contributed by atoms with Gasteiger partial charge in [0.05, 0.1) is 20.1 Å². The molecule has 116 valence electrons. The fourth-order valence-electron chi connectivity index (χ4n) is 2.00. The van der Waals surface area contributed by atoms with Crippen molar-refractivity contribution in [3.63, 3.8) is 0 Å². The quantitative estimate of drug-likeness (QED) is 0.797. The summed E-state index contributed by atoms with van der Waals surface area (Å²) in [4.78, 5) is 12.0. The number of epoxide rings is 1. The molecule has 2 heterocycles. The van der Waals surface area contributed by atoms with Crippen LogP contribution in [0.1, 0.15) is 5.56 Å². The predicted octanol–water partition coefficient (Wildman–Crippen LogP) is 2.72. The Kier molecular flexibility index (Phi) is 4.60. The highest BCUT2D eigenvalue weighted by molar-refractivity contribution is 7.08. The van der Waals surface area contributed by atoms with Crippen LogP contribution in [-0.2, 0) is 16.0 Å². The third-order valence-corrected chi connectivity index (χ3v) is 3.95. The van der Waals surface area contributed by atoms with Gasteiger partial charge in [-0.3, -0.25) is 4.79 Å². The summed E-state index contributed by atoms with van der Waals surface area (Å²) in [5.74, 6) is 1.18. The molecular weight excluding hydrogens is 302 g/mol. The molecule has 2 aromatic rings. The lowest BCUT2D eigenvalue weighted by Crippen LogP contribution is -2.14. The summed E-state index contributed by atoms with van der Waals surface area (Å²) in [6, 6.07) is 7.30. The lowest BCUT2D eigenvalue weighted by atomic mass is 10.2. The summed E-state index contributed by atoms with van der Waals surface area (Å²) in [7, 11) is 1.58. The van der Waals surface area contributed by atoms with Gasteiger partial charge in [-0.25, -0.2) is 0 Å². The van der Waals surface area contributed by atoms with Crippen molar-refractivity contribution < 1.29 is 19.0 Å². The van der Waals surface area contributed by atoms with E-state index in [4.69, 9.17) is 14.2 Å². The van der Waals surface area contributed by atoms with E-state index < -0.39 is 0 Å². The van der Waals surface area contributed by atoms with E-state index in [-0.39, 0.29) is 12.0 Å². The second kappa shape index (κ2) is 6.81. The van der Waals surface area contributed by atoms with Crippen LogP contribution in [0.15, 0.2) is 35.0 Å². The molecule has 0 radical (unpaired) electrons. The number of carbonyl (C=O) groups excluding carboxylic acids is 1. The number of benzene rings is 1. The second-order valence-corrected chi connectivity index (χ2v) is 5.77. The van der Waals surface area contributed by atoms with Crippen LogP contribution in [0.5, 0.6) is 11.5 Å². The highest BCUT2D eigenvalue weighted by Gasteiger charge is 2.23. The molecule has 1 N–H and O–H groups in total. The van der Waals surface area contributed by atoms with Crippen molar-refractivity contribution in [2.24, 2.45) is 0 Å². The third-order valence-electron chi connectivity index (χ3n) is 3.22. The molecular formula is C16H17NO4S. The van der Waals surface area contributed by atoms with Crippen molar-refractivity contribution in [1.82, 2.24) is 0 Å². The number of anilines is 1. The van der Waals surface area contributed by atoms with E-state index in [0.29, 0.717) is 30.2 Å². The normalized spacial score (nSPS) is 16.1. The van der Waals surface area contributed by atoms with Gasteiger partial charge in [0.2, 0.25) is 5.91 Å². The summed E-state index contributed by atoms with van der Waals surface area (Å²) in [6.07, 6.45) is 0.554. The summed E-state index contributed by atoms with van der Waals surface area (Å²) in [6.45, 7) is 1.26. The maximum absolute atomic E-state index is 12.0. The SMILES string of the molecule is COc1cc(NC(=O)Cc2ccsc2)ccc1OCC1CO1. The van der Waals surface area contributed by atoms with Crippen molar-refractivity contribution >= 4 is 22.9 Å². The Morgan fingerprint density at radius 3 is 2.95 bits per heavy atom. The Morgan fingerprint density at radius 1 is 1.41 bits per heavy atom. The van der Waals surface area contributed by atoms with Gasteiger partial charge < -0.3 is 19.5 Å². The number of ether oxygens (including phenoxy) is 3. The standard InChI is InChI=1S/C16H17NO4S/c1-19-15-7-12(2-3-14(15)21-9-13-8-20-13)17-16(18)6-11-4-5-22-10-11/h2-5,7,10,13H,6,8-9H2,1H3,(H,17,18). The first kappa shape index (κ1) is 14.9. The summed E-state index contributed by atoms with van der Waals surface area (Å²) >= 11 is 1.58. The minimum atomic E-state index is -0.0551. The molecule has 1 atom stereocenters. The minimum Gasteiger partial charge on any atom is -0.493 e. The fourth-order valence-corrected chi connectivity index (χ4v) is 2.66. The Hall–Kier alpha value is -2.05. The molecule has 22 heavy (non-hydrogen) atoms. The van der Waals surface area contributed by atoms with Crippen LogP contribution in [0, 0.1) is 0 Å². The first-order valence-electron chi connectivity index (χ1n) is 6.98. The van der Waals surface area contributed by atoms with Crippen LogP contribution < -0.4 is 14.8 Å². The second-order valence-electron chi connectivity index (χ2n) is 4.99. The molecule has 1 aliphatic heterocycles. The zero-order valence-corrected chi connectivity index (χ0v) is 13.0. The highest BCUT2D eigenvalue weighted by Crippen LogP contribution is 2.31. The number of hydrogen-bond donors (Lipinski definition) is 1. The zero-order valence-electron chi connectivity index (χ0n) is 12.2. The topological polar surface area (TPSA) is 60.1 Å². The Bertz CT molecular complexity index is 638. The van der Waals surface area contributed by atoms with Crippen molar-refractivity contribution in [2.75, 3.05) is 25.6 Å². The number of thiophene rings is 1. The van der Waals surface area contributed by atoms with Gasteiger partial charge in [0.15, 0.2) is 11.5 Å². The molecule has 3 rings (SSSR count). The lowest BCUT2D eigenvalue weighted by Gasteiger charge is -2.12. The molecule has 1 aromatic heterocycles. The van der Waals surface area contributed by atoms with Crippen molar-refractivity contribution in [3.8, 4) is 11.5 Å². The van der Waals surface area contributed by atoms with Crippen molar-refractivity contribution in [2.45, 2.75) is 12.5 Å². The fraction of sp³-hybridized carbons (Fsp3) is 0.312. The van der Waals surface area contributed by atoms with Gasteiger partial charge in [0, 0.05) is 11.8 Å². The van der Waals surface area contributed by atoms with Gasteiger partial charge in [0.1, 0.15) is 12.7 Å². The maximum Gasteiger partial charge on any atom is 0.228 e. The van der Waals surface area contributed by atoms with Gasteiger partial charge >= 0.3 is 0 Å². The van der Waals surface area contributed by atoms with Crippen LogP contribution in [0.25, 0.3) is 0 Å². The number of hydrogen-bond acceptors (Lipinski definition) is 5. The number of carbonyl (C=O) groups is 1. The molecule has 1 unspecified atom stereocenters. The van der Waals surface area contributed by atoms with Crippen LogP contribution in [-0.4, -0.2) is 32.3 Å².